The van der Waals surface area contributed by atoms with Crippen LogP contribution in [-0.4, -0.2) is 49.5 Å². The second-order valence-corrected chi connectivity index (χ2v) is 8.59. The average molecular weight is 431 g/mol. The van der Waals surface area contributed by atoms with Crippen LogP contribution in [0.5, 0.6) is 0 Å². The highest BCUT2D eigenvalue weighted by Gasteiger charge is 2.58. The molecule has 2 atom stereocenters. The van der Waals surface area contributed by atoms with E-state index >= 15 is 0 Å². The number of carbonyl (C=O) groups is 2. The minimum absolute atomic E-state index is 0.0219. The predicted octanol–water partition coefficient (Wildman–Crippen LogP) is 2.80. The number of hydrogen-bond acceptors (Lipinski definition) is 5. The first kappa shape index (κ1) is 20.4. The highest BCUT2D eigenvalue weighted by Crippen LogP contribution is 2.49. The van der Waals surface area contributed by atoms with Gasteiger partial charge >= 0.3 is 0 Å². The molecular weight excluding hydrogens is 404 g/mol. The SMILES string of the molecule is CCC[C@@H]1N(C(=O)Cc2ccc(-n3nnnc3C)cc2)CC[C@]12C(=O)Nc1ccccc12. The number of fused-ring (bicyclic) bond motifs is 2. The van der Waals surface area contributed by atoms with E-state index in [1.54, 1.807) is 4.68 Å². The summed E-state index contributed by atoms with van der Waals surface area (Å²) >= 11 is 0. The molecule has 2 aliphatic heterocycles. The van der Waals surface area contributed by atoms with Crippen molar-refractivity contribution in [3.05, 3.63) is 65.5 Å². The predicted molar refractivity (Wildman–Crippen MR) is 119 cm³/mol. The number of hydrogen-bond donors (Lipinski definition) is 1. The van der Waals surface area contributed by atoms with Gasteiger partial charge in [0, 0.05) is 12.2 Å². The Kier molecular flexibility index (Phi) is 5.00. The Morgan fingerprint density at radius 1 is 1.19 bits per heavy atom. The number of para-hydroxylation sites is 1. The van der Waals surface area contributed by atoms with Crippen LogP contribution >= 0.6 is 0 Å². The quantitative estimate of drug-likeness (QED) is 0.672. The maximum absolute atomic E-state index is 13.4. The van der Waals surface area contributed by atoms with Gasteiger partial charge in [0.15, 0.2) is 5.82 Å². The van der Waals surface area contributed by atoms with Crippen molar-refractivity contribution in [1.29, 1.82) is 0 Å². The van der Waals surface area contributed by atoms with Gasteiger partial charge in [-0.1, -0.05) is 43.7 Å². The molecule has 0 aliphatic carbocycles. The number of aromatic nitrogens is 4. The number of anilines is 1. The van der Waals surface area contributed by atoms with Gasteiger partial charge in [-0.2, -0.15) is 4.68 Å². The van der Waals surface area contributed by atoms with Crippen LogP contribution in [0.15, 0.2) is 48.5 Å². The van der Waals surface area contributed by atoms with Gasteiger partial charge in [-0.15, -0.1) is 5.10 Å². The molecule has 0 bridgehead atoms. The molecule has 2 aromatic carbocycles. The monoisotopic (exact) mass is 430 g/mol. The molecule has 0 saturated carbocycles. The standard InChI is InChI=1S/C24H26N6O2/c1-3-6-21-24(19-7-4-5-8-20(19)25-23(24)32)13-14-29(21)22(31)15-17-9-11-18(12-10-17)30-16(2)26-27-28-30/h4-5,7-12,21H,3,6,13-15H2,1-2H3,(H,25,32)/t21-,24+/m0/s1. The van der Waals surface area contributed by atoms with E-state index in [9.17, 15) is 9.59 Å². The van der Waals surface area contributed by atoms with Crippen molar-refractivity contribution in [1.82, 2.24) is 25.1 Å². The lowest BCUT2D eigenvalue weighted by Gasteiger charge is -2.34. The van der Waals surface area contributed by atoms with E-state index in [1.165, 1.54) is 0 Å². The van der Waals surface area contributed by atoms with Crippen LogP contribution in [-0.2, 0) is 21.4 Å². The second kappa shape index (κ2) is 7.85. The first-order valence-electron chi connectivity index (χ1n) is 11.1. The Labute approximate surface area is 186 Å². The molecule has 3 heterocycles. The Morgan fingerprint density at radius 2 is 1.97 bits per heavy atom. The summed E-state index contributed by atoms with van der Waals surface area (Å²) in [6.45, 7) is 4.53. The van der Waals surface area contributed by atoms with E-state index in [4.69, 9.17) is 0 Å². The smallest absolute Gasteiger partial charge is 0.237 e. The lowest BCUT2D eigenvalue weighted by molar-refractivity contribution is -0.132. The molecule has 1 saturated heterocycles. The lowest BCUT2D eigenvalue weighted by atomic mass is 9.73. The van der Waals surface area contributed by atoms with Crippen molar-refractivity contribution >= 4 is 17.5 Å². The van der Waals surface area contributed by atoms with Gasteiger partial charge in [0.1, 0.15) is 0 Å². The maximum Gasteiger partial charge on any atom is 0.237 e. The number of tetrazole rings is 1. The van der Waals surface area contributed by atoms with E-state index < -0.39 is 5.41 Å². The molecule has 5 rings (SSSR count). The topological polar surface area (TPSA) is 93.0 Å². The summed E-state index contributed by atoms with van der Waals surface area (Å²) in [5.74, 6) is 0.784. The van der Waals surface area contributed by atoms with Gasteiger partial charge in [0.05, 0.1) is 23.6 Å². The molecule has 1 N–H and O–H groups in total. The van der Waals surface area contributed by atoms with E-state index in [0.29, 0.717) is 25.2 Å². The zero-order valence-electron chi connectivity index (χ0n) is 18.3. The highest BCUT2D eigenvalue weighted by molar-refractivity contribution is 6.07. The van der Waals surface area contributed by atoms with Crippen molar-refractivity contribution in [3.63, 3.8) is 0 Å². The summed E-state index contributed by atoms with van der Waals surface area (Å²) in [6, 6.07) is 15.5. The van der Waals surface area contributed by atoms with E-state index in [0.717, 1.165) is 35.3 Å². The van der Waals surface area contributed by atoms with Crippen LogP contribution in [0.1, 0.15) is 43.1 Å². The zero-order chi connectivity index (χ0) is 22.3. The van der Waals surface area contributed by atoms with Crippen molar-refractivity contribution in [2.75, 3.05) is 11.9 Å². The van der Waals surface area contributed by atoms with Gasteiger partial charge in [0.2, 0.25) is 11.8 Å². The van der Waals surface area contributed by atoms with Gasteiger partial charge in [-0.25, -0.2) is 0 Å². The normalized spacial score (nSPS) is 21.8. The average Bonchev–Trinajstić information content (AvgIpc) is 3.47. The summed E-state index contributed by atoms with van der Waals surface area (Å²) in [5.41, 5.74) is 3.04. The molecule has 8 heteroatoms. The molecule has 1 fully saturated rings. The summed E-state index contributed by atoms with van der Waals surface area (Å²) in [4.78, 5) is 28.5. The van der Waals surface area contributed by atoms with Crippen LogP contribution in [0.25, 0.3) is 5.69 Å². The van der Waals surface area contributed by atoms with Gasteiger partial charge in [-0.3, -0.25) is 9.59 Å². The molecule has 2 aliphatic rings. The summed E-state index contributed by atoms with van der Waals surface area (Å²) in [6.07, 6.45) is 2.66. The van der Waals surface area contributed by atoms with Crippen LogP contribution < -0.4 is 5.32 Å². The number of rotatable bonds is 5. The molecule has 2 amide bonds. The fourth-order valence-corrected chi connectivity index (χ4v) is 5.28. The summed E-state index contributed by atoms with van der Waals surface area (Å²) in [7, 11) is 0. The molecule has 0 unspecified atom stereocenters. The molecule has 1 aromatic heterocycles. The minimum atomic E-state index is -0.649. The molecule has 3 aromatic rings. The van der Waals surface area contributed by atoms with Crippen LogP contribution in [0.3, 0.4) is 0 Å². The lowest BCUT2D eigenvalue weighted by Crippen LogP contribution is -2.49. The molecule has 32 heavy (non-hydrogen) atoms. The fraction of sp³-hybridized carbons (Fsp3) is 0.375. The van der Waals surface area contributed by atoms with E-state index in [-0.39, 0.29) is 17.9 Å². The van der Waals surface area contributed by atoms with Crippen molar-refractivity contribution in [2.45, 2.75) is 51.0 Å². The Bertz CT molecular complexity index is 1170. The van der Waals surface area contributed by atoms with E-state index in [1.807, 2.05) is 60.4 Å². The first-order chi connectivity index (χ1) is 15.5. The van der Waals surface area contributed by atoms with Gasteiger partial charge in [0.25, 0.3) is 0 Å². The maximum atomic E-state index is 13.4. The minimum Gasteiger partial charge on any atom is -0.338 e. The number of benzene rings is 2. The largest absolute Gasteiger partial charge is 0.338 e. The molecular formula is C24H26N6O2. The Hall–Kier alpha value is -3.55. The van der Waals surface area contributed by atoms with E-state index in [2.05, 4.69) is 27.8 Å². The highest BCUT2D eigenvalue weighted by atomic mass is 16.2. The van der Waals surface area contributed by atoms with Crippen LogP contribution in [0.4, 0.5) is 5.69 Å². The molecule has 1 spiro atoms. The third kappa shape index (κ3) is 3.09. The molecule has 0 radical (unpaired) electrons. The fourth-order valence-electron chi connectivity index (χ4n) is 5.28. The first-order valence-corrected chi connectivity index (χ1v) is 11.1. The van der Waals surface area contributed by atoms with Gasteiger partial charge < -0.3 is 10.2 Å². The number of nitrogens with one attached hydrogen (secondary N) is 1. The zero-order valence-corrected chi connectivity index (χ0v) is 18.3. The van der Waals surface area contributed by atoms with Crippen LogP contribution in [0.2, 0.25) is 0 Å². The third-order valence-electron chi connectivity index (χ3n) is 6.80. The van der Waals surface area contributed by atoms with Crippen molar-refractivity contribution in [3.8, 4) is 5.69 Å². The van der Waals surface area contributed by atoms with Gasteiger partial charge in [-0.05, 0) is 59.5 Å². The Morgan fingerprint density at radius 3 is 2.69 bits per heavy atom. The number of nitrogens with zero attached hydrogens (tertiary/aromatic N) is 5. The van der Waals surface area contributed by atoms with Crippen molar-refractivity contribution in [2.24, 2.45) is 0 Å². The second-order valence-electron chi connectivity index (χ2n) is 8.59. The number of amides is 2. The number of aryl methyl sites for hydroxylation is 1. The van der Waals surface area contributed by atoms with Crippen molar-refractivity contribution < 1.29 is 9.59 Å². The molecule has 8 nitrogen and oxygen atoms in total. The number of carbonyl (C=O) groups excluding carboxylic acids is 2. The summed E-state index contributed by atoms with van der Waals surface area (Å²) in [5, 5.41) is 14.6. The summed E-state index contributed by atoms with van der Waals surface area (Å²) < 4.78 is 1.66. The third-order valence-corrected chi connectivity index (χ3v) is 6.80. The van der Waals surface area contributed by atoms with Crippen LogP contribution in [0, 0.1) is 6.92 Å². The Balaban J connectivity index is 1.38. The number of likely N-dealkylation sites (tertiary alicyclic amines) is 1. The molecule has 164 valence electrons.